The van der Waals surface area contributed by atoms with E-state index in [0.29, 0.717) is 29.6 Å². The minimum Gasteiger partial charge on any atom is -0.497 e. The van der Waals surface area contributed by atoms with Gasteiger partial charge in [-0.05, 0) is 55.0 Å². The van der Waals surface area contributed by atoms with E-state index < -0.39 is 16.1 Å². The van der Waals surface area contributed by atoms with E-state index in [1.165, 1.54) is 11.9 Å². The molecule has 0 radical (unpaired) electrons. The first-order chi connectivity index (χ1) is 16.1. The van der Waals surface area contributed by atoms with Crippen molar-refractivity contribution in [2.75, 3.05) is 31.8 Å². The zero-order valence-electron chi connectivity index (χ0n) is 19.8. The molecule has 1 aromatic heterocycles. The molecule has 1 unspecified atom stereocenters. The van der Waals surface area contributed by atoms with Gasteiger partial charge in [-0.15, -0.1) is 0 Å². The maximum atomic E-state index is 12.9. The van der Waals surface area contributed by atoms with Crippen molar-refractivity contribution in [2.24, 2.45) is 0 Å². The highest BCUT2D eigenvalue weighted by Gasteiger charge is 2.24. The molecule has 1 atom stereocenters. The van der Waals surface area contributed by atoms with Crippen LogP contribution in [0.5, 0.6) is 11.5 Å². The van der Waals surface area contributed by atoms with Crippen LogP contribution in [0.2, 0.25) is 0 Å². The molecule has 0 saturated heterocycles. The Morgan fingerprint density at radius 1 is 1.06 bits per heavy atom. The van der Waals surface area contributed by atoms with Crippen LogP contribution in [-0.4, -0.2) is 62.9 Å². The van der Waals surface area contributed by atoms with E-state index in [0.717, 1.165) is 21.9 Å². The number of carbonyl (C=O) groups is 1. The van der Waals surface area contributed by atoms with Crippen molar-refractivity contribution in [1.82, 2.24) is 15.0 Å². The van der Waals surface area contributed by atoms with Crippen LogP contribution in [0.4, 0.5) is 5.69 Å². The first kappa shape index (κ1) is 25.0. The molecule has 34 heavy (non-hydrogen) atoms. The van der Waals surface area contributed by atoms with Crippen molar-refractivity contribution < 1.29 is 27.2 Å². The van der Waals surface area contributed by atoms with Crippen molar-refractivity contribution in [2.45, 2.75) is 26.0 Å². The van der Waals surface area contributed by atoms with Crippen LogP contribution in [0.25, 0.3) is 11.4 Å². The van der Waals surface area contributed by atoms with Gasteiger partial charge in [0.1, 0.15) is 11.5 Å². The SMILES string of the molecule is CCC(Oc1ccc(N(C)S(C)(=O)=O)cc1)C(=O)N(C)Cc1nc(-c2ccc(OC)cc2)no1. The van der Waals surface area contributed by atoms with Crippen molar-refractivity contribution in [3.63, 3.8) is 0 Å². The quantitative estimate of drug-likeness (QED) is 0.428. The number of benzene rings is 2. The van der Waals surface area contributed by atoms with Crippen LogP contribution in [0.15, 0.2) is 53.1 Å². The third-order valence-corrected chi connectivity index (χ3v) is 6.39. The molecule has 0 bridgehead atoms. The second-order valence-corrected chi connectivity index (χ2v) is 9.69. The number of hydrogen-bond donors (Lipinski definition) is 0. The third-order valence-electron chi connectivity index (χ3n) is 5.19. The summed E-state index contributed by atoms with van der Waals surface area (Å²) < 4.78 is 40.9. The Morgan fingerprint density at radius 2 is 1.68 bits per heavy atom. The maximum absolute atomic E-state index is 12.9. The number of carbonyl (C=O) groups excluding carboxylic acids is 1. The van der Waals surface area contributed by atoms with E-state index in [4.69, 9.17) is 14.0 Å². The fraction of sp³-hybridized carbons (Fsp3) is 0.348. The number of likely N-dealkylation sites (N-methyl/N-ethyl adjacent to an activating group) is 1. The van der Waals surface area contributed by atoms with E-state index in [-0.39, 0.29) is 12.5 Å². The van der Waals surface area contributed by atoms with E-state index in [9.17, 15) is 13.2 Å². The van der Waals surface area contributed by atoms with Gasteiger partial charge in [0.05, 0.1) is 25.6 Å². The molecule has 0 saturated carbocycles. The molecule has 0 fully saturated rings. The summed E-state index contributed by atoms with van der Waals surface area (Å²) in [6.07, 6.45) is 0.838. The topological polar surface area (TPSA) is 115 Å². The molecule has 0 aliphatic rings. The first-order valence-electron chi connectivity index (χ1n) is 10.5. The molecule has 11 heteroatoms. The van der Waals surface area contributed by atoms with Gasteiger partial charge in [0.2, 0.25) is 21.7 Å². The third kappa shape index (κ3) is 6.04. The number of rotatable bonds is 10. The molecular formula is C23H28N4O6S. The largest absolute Gasteiger partial charge is 0.497 e. The van der Waals surface area contributed by atoms with Crippen LogP contribution in [0.1, 0.15) is 19.2 Å². The maximum Gasteiger partial charge on any atom is 0.263 e. The smallest absolute Gasteiger partial charge is 0.263 e. The minimum absolute atomic E-state index is 0.125. The van der Waals surface area contributed by atoms with Crippen LogP contribution in [-0.2, 0) is 21.4 Å². The van der Waals surface area contributed by atoms with Crippen LogP contribution >= 0.6 is 0 Å². The molecule has 0 aliphatic carbocycles. The summed E-state index contributed by atoms with van der Waals surface area (Å²) in [5.41, 5.74) is 1.26. The van der Waals surface area contributed by atoms with Gasteiger partial charge >= 0.3 is 0 Å². The average Bonchev–Trinajstić information content (AvgIpc) is 3.29. The molecule has 10 nitrogen and oxygen atoms in total. The van der Waals surface area contributed by atoms with E-state index in [1.54, 1.807) is 50.6 Å². The number of ether oxygens (including phenoxy) is 2. The van der Waals surface area contributed by atoms with E-state index >= 15 is 0 Å². The predicted octanol–water partition coefficient (Wildman–Crippen LogP) is 2.96. The Bertz CT molecular complexity index is 1210. The zero-order chi connectivity index (χ0) is 24.9. The van der Waals surface area contributed by atoms with Gasteiger partial charge in [0, 0.05) is 19.7 Å². The normalized spacial score (nSPS) is 12.1. The fourth-order valence-electron chi connectivity index (χ4n) is 3.10. The Kier molecular flexibility index (Phi) is 7.77. The summed E-state index contributed by atoms with van der Waals surface area (Å²) in [5, 5.41) is 3.98. The predicted molar refractivity (Wildman–Crippen MR) is 127 cm³/mol. The van der Waals surface area contributed by atoms with Gasteiger partial charge in [-0.3, -0.25) is 9.10 Å². The number of anilines is 1. The van der Waals surface area contributed by atoms with Gasteiger partial charge in [-0.1, -0.05) is 12.1 Å². The van der Waals surface area contributed by atoms with Gasteiger partial charge in [-0.25, -0.2) is 8.42 Å². The van der Waals surface area contributed by atoms with E-state index in [2.05, 4.69) is 10.1 Å². The number of methoxy groups -OCH3 is 1. The van der Waals surface area contributed by atoms with Gasteiger partial charge in [-0.2, -0.15) is 4.98 Å². The number of amides is 1. The zero-order valence-corrected chi connectivity index (χ0v) is 20.6. The molecular weight excluding hydrogens is 460 g/mol. The van der Waals surface area contributed by atoms with Gasteiger partial charge in [0.15, 0.2) is 6.10 Å². The van der Waals surface area contributed by atoms with Crippen molar-refractivity contribution in [3.8, 4) is 22.9 Å². The lowest BCUT2D eigenvalue weighted by Gasteiger charge is -2.23. The number of aromatic nitrogens is 2. The molecule has 1 heterocycles. The molecule has 0 aliphatic heterocycles. The second-order valence-electron chi connectivity index (χ2n) is 7.67. The highest BCUT2D eigenvalue weighted by Crippen LogP contribution is 2.23. The van der Waals surface area contributed by atoms with Crippen LogP contribution in [0.3, 0.4) is 0 Å². The average molecular weight is 489 g/mol. The molecule has 0 N–H and O–H groups in total. The number of sulfonamides is 1. The van der Waals surface area contributed by atoms with E-state index in [1.807, 2.05) is 19.1 Å². The molecule has 3 rings (SSSR count). The molecule has 0 spiro atoms. The minimum atomic E-state index is -3.36. The summed E-state index contributed by atoms with van der Waals surface area (Å²) >= 11 is 0. The Morgan fingerprint density at radius 3 is 2.24 bits per heavy atom. The Hall–Kier alpha value is -3.60. The molecule has 2 aromatic carbocycles. The molecule has 1 amide bonds. The second kappa shape index (κ2) is 10.6. The summed E-state index contributed by atoms with van der Waals surface area (Å²) in [5.74, 6) is 1.65. The van der Waals surface area contributed by atoms with Crippen molar-refractivity contribution in [3.05, 3.63) is 54.4 Å². The number of nitrogens with zero attached hydrogens (tertiary/aromatic N) is 4. The Labute approximate surface area is 199 Å². The number of hydrogen-bond acceptors (Lipinski definition) is 8. The highest BCUT2D eigenvalue weighted by molar-refractivity contribution is 7.92. The summed E-state index contributed by atoms with van der Waals surface area (Å²) in [6.45, 7) is 1.97. The van der Waals surface area contributed by atoms with Crippen LogP contribution < -0.4 is 13.8 Å². The highest BCUT2D eigenvalue weighted by atomic mass is 32.2. The summed E-state index contributed by atoms with van der Waals surface area (Å²) in [4.78, 5) is 18.8. The molecule has 182 valence electrons. The standard InChI is InChI=1S/C23H28N4O6S/c1-6-20(32-19-13-9-17(10-14-19)27(3)34(5,29)30)23(28)26(2)15-21-24-22(25-33-21)16-7-11-18(31-4)12-8-16/h7-14,20H,6,15H2,1-5H3. The first-order valence-corrected chi connectivity index (χ1v) is 12.4. The lowest BCUT2D eigenvalue weighted by molar-refractivity contribution is -0.138. The summed E-state index contributed by atoms with van der Waals surface area (Å²) in [7, 11) is 1.33. The lowest BCUT2D eigenvalue weighted by atomic mass is 10.2. The Balaban J connectivity index is 1.63. The van der Waals surface area contributed by atoms with Gasteiger partial charge < -0.3 is 18.9 Å². The van der Waals surface area contributed by atoms with Gasteiger partial charge in [0.25, 0.3) is 5.91 Å². The van der Waals surface area contributed by atoms with Crippen molar-refractivity contribution in [1.29, 1.82) is 0 Å². The van der Waals surface area contributed by atoms with Crippen LogP contribution in [0, 0.1) is 0 Å². The summed E-state index contributed by atoms with van der Waals surface area (Å²) in [6, 6.07) is 13.8. The molecule has 3 aromatic rings. The monoisotopic (exact) mass is 488 g/mol. The van der Waals surface area contributed by atoms with Crippen molar-refractivity contribution >= 4 is 21.6 Å². The fourth-order valence-corrected chi connectivity index (χ4v) is 3.61. The lowest BCUT2D eigenvalue weighted by Crippen LogP contribution is -2.39.